The van der Waals surface area contributed by atoms with Crippen molar-refractivity contribution in [3.8, 4) is 0 Å². The first-order valence-corrected chi connectivity index (χ1v) is 9.44. The number of halogens is 1. The average Bonchev–Trinajstić information content (AvgIpc) is 2.74. The topological polar surface area (TPSA) is 58.2 Å². The van der Waals surface area contributed by atoms with Gasteiger partial charge >= 0.3 is 0 Å². The third-order valence-electron chi connectivity index (χ3n) is 3.82. The molecular weight excluding hydrogens is 388 g/mol. The molecule has 0 saturated heterocycles. The van der Waals surface area contributed by atoms with E-state index in [9.17, 15) is 9.59 Å². The maximum atomic E-state index is 12.5. The first kappa shape index (κ1) is 17.0. The maximum Gasteiger partial charge on any atom is 0.251 e. The molecule has 0 saturated carbocycles. The van der Waals surface area contributed by atoms with Crippen molar-refractivity contribution in [3.63, 3.8) is 0 Å². The van der Waals surface area contributed by atoms with Crippen molar-refractivity contribution >= 4 is 45.2 Å². The highest BCUT2D eigenvalue weighted by molar-refractivity contribution is 9.10. The van der Waals surface area contributed by atoms with E-state index < -0.39 is 0 Å². The third kappa shape index (κ3) is 3.82. The molecule has 3 rings (SSSR count). The zero-order chi connectivity index (χ0) is 17.1. The zero-order valence-corrected chi connectivity index (χ0v) is 15.5. The summed E-state index contributed by atoms with van der Waals surface area (Å²) in [5.41, 5.74) is 2.27. The molecule has 124 valence electrons. The minimum absolute atomic E-state index is 0.0135. The molecule has 2 aromatic carbocycles. The Labute approximate surface area is 153 Å². The van der Waals surface area contributed by atoms with Crippen LogP contribution in [-0.4, -0.2) is 17.6 Å². The van der Waals surface area contributed by atoms with Gasteiger partial charge in [-0.15, -0.1) is 11.8 Å². The Morgan fingerprint density at radius 3 is 2.88 bits per heavy atom. The SMILES string of the molecule is CC(NC(=O)c1ccc2c(c1)NC(=O)CCS2)c1ccccc1Br. The Kier molecular flexibility index (Phi) is 5.26. The molecule has 0 spiro atoms. The minimum Gasteiger partial charge on any atom is -0.345 e. The molecule has 0 fully saturated rings. The van der Waals surface area contributed by atoms with Gasteiger partial charge in [0.05, 0.1) is 11.7 Å². The summed E-state index contributed by atoms with van der Waals surface area (Å²) in [4.78, 5) is 25.2. The van der Waals surface area contributed by atoms with Crippen molar-refractivity contribution in [1.29, 1.82) is 0 Å². The maximum absolute atomic E-state index is 12.5. The molecule has 2 amide bonds. The van der Waals surface area contributed by atoms with Crippen molar-refractivity contribution < 1.29 is 9.59 Å². The van der Waals surface area contributed by atoms with Crippen molar-refractivity contribution in [2.24, 2.45) is 0 Å². The van der Waals surface area contributed by atoms with Crippen molar-refractivity contribution in [2.45, 2.75) is 24.3 Å². The Hall–Kier alpha value is -1.79. The Morgan fingerprint density at radius 2 is 2.08 bits per heavy atom. The summed E-state index contributed by atoms with van der Waals surface area (Å²) in [5, 5.41) is 5.86. The van der Waals surface area contributed by atoms with Crippen LogP contribution in [0.2, 0.25) is 0 Å². The fourth-order valence-corrected chi connectivity index (χ4v) is 4.11. The first-order valence-electron chi connectivity index (χ1n) is 7.66. The number of anilines is 1. The van der Waals surface area contributed by atoms with Gasteiger partial charge in [-0.1, -0.05) is 34.1 Å². The standard InChI is InChI=1S/C18H17BrN2O2S/c1-11(13-4-2-3-5-14(13)19)20-18(23)12-6-7-16-15(10-12)21-17(22)8-9-24-16/h2-7,10-11H,8-9H2,1H3,(H,20,23)(H,21,22). The second-order valence-electron chi connectivity index (χ2n) is 5.57. The Balaban J connectivity index is 1.78. The van der Waals surface area contributed by atoms with E-state index in [1.165, 1.54) is 0 Å². The molecule has 1 heterocycles. The number of fused-ring (bicyclic) bond motifs is 1. The highest BCUT2D eigenvalue weighted by Gasteiger charge is 2.17. The van der Waals surface area contributed by atoms with Crippen LogP contribution >= 0.6 is 27.7 Å². The molecule has 2 N–H and O–H groups in total. The van der Waals surface area contributed by atoms with E-state index in [-0.39, 0.29) is 17.9 Å². The van der Waals surface area contributed by atoms with Crippen LogP contribution in [0.1, 0.15) is 35.3 Å². The quantitative estimate of drug-likeness (QED) is 0.797. The van der Waals surface area contributed by atoms with Crippen LogP contribution in [0.25, 0.3) is 0 Å². The monoisotopic (exact) mass is 404 g/mol. The molecule has 1 aliphatic rings. The molecule has 6 heteroatoms. The highest BCUT2D eigenvalue weighted by atomic mass is 79.9. The van der Waals surface area contributed by atoms with Gasteiger partial charge in [0.25, 0.3) is 5.91 Å². The van der Waals surface area contributed by atoms with Crippen LogP contribution in [0.5, 0.6) is 0 Å². The molecular formula is C18H17BrN2O2S. The van der Waals surface area contributed by atoms with E-state index in [0.717, 1.165) is 20.7 Å². The van der Waals surface area contributed by atoms with Gasteiger partial charge in [-0.25, -0.2) is 0 Å². The average molecular weight is 405 g/mol. The van der Waals surface area contributed by atoms with Gasteiger partial charge in [0.15, 0.2) is 0 Å². The van der Waals surface area contributed by atoms with E-state index in [0.29, 0.717) is 17.7 Å². The number of carbonyl (C=O) groups excluding carboxylic acids is 2. The highest BCUT2D eigenvalue weighted by Crippen LogP contribution is 2.31. The number of carbonyl (C=O) groups is 2. The molecule has 0 bridgehead atoms. The fourth-order valence-electron chi connectivity index (χ4n) is 2.55. The van der Waals surface area contributed by atoms with E-state index in [2.05, 4.69) is 26.6 Å². The lowest BCUT2D eigenvalue weighted by Crippen LogP contribution is -2.27. The summed E-state index contributed by atoms with van der Waals surface area (Å²) in [6, 6.07) is 13.1. The van der Waals surface area contributed by atoms with E-state index in [1.807, 2.05) is 37.3 Å². The third-order valence-corrected chi connectivity index (χ3v) is 5.62. The number of hydrogen-bond acceptors (Lipinski definition) is 3. The van der Waals surface area contributed by atoms with E-state index >= 15 is 0 Å². The lowest BCUT2D eigenvalue weighted by Gasteiger charge is -2.16. The van der Waals surface area contributed by atoms with Gasteiger partial charge in [0, 0.05) is 27.1 Å². The predicted octanol–water partition coefficient (Wildman–Crippen LogP) is 4.37. The molecule has 2 aromatic rings. The second-order valence-corrected chi connectivity index (χ2v) is 7.57. The first-order chi connectivity index (χ1) is 11.5. The van der Waals surface area contributed by atoms with Crippen LogP contribution in [0.4, 0.5) is 5.69 Å². The second kappa shape index (κ2) is 7.40. The fraction of sp³-hybridized carbons (Fsp3) is 0.222. The summed E-state index contributed by atoms with van der Waals surface area (Å²) in [5.74, 6) is 0.577. The molecule has 0 aliphatic carbocycles. The van der Waals surface area contributed by atoms with Gasteiger partial charge in [-0.05, 0) is 36.8 Å². The molecule has 4 nitrogen and oxygen atoms in total. The number of hydrogen-bond donors (Lipinski definition) is 2. The Morgan fingerprint density at radius 1 is 1.29 bits per heavy atom. The summed E-state index contributed by atoms with van der Waals surface area (Å²) in [7, 11) is 0. The lowest BCUT2D eigenvalue weighted by atomic mass is 10.1. The summed E-state index contributed by atoms with van der Waals surface area (Å²) in [6.07, 6.45) is 0.486. The van der Waals surface area contributed by atoms with Crippen molar-refractivity contribution in [3.05, 3.63) is 58.1 Å². The molecule has 0 aromatic heterocycles. The molecule has 1 atom stereocenters. The molecule has 0 radical (unpaired) electrons. The smallest absolute Gasteiger partial charge is 0.251 e. The van der Waals surface area contributed by atoms with E-state index in [1.54, 1.807) is 23.9 Å². The zero-order valence-electron chi connectivity index (χ0n) is 13.1. The van der Waals surface area contributed by atoms with Gasteiger partial charge in [-0.3, -0.25) is 9.59 Å². The normalized spacial score (nSPS) is 15.0. The van der Waals surface area contributed by atoms with E-state index in [4.69, 9.17) is 0 Å². The van der Waals surface area contributed by atoms with Gasteiger partial charge in [0.1, 0.15) is 0 Å². The molecule has 1 unspecified atom stereocenters. The molecule has 24 heavy (non-hydrogen) atoms. The van der Waals surface area contributed by atoms with Crippen molar-refractivity contribution in [2.75, 3.05) is 11.1 Å². The lowest BCUT2D eigenvalue weighted by molar-refractivity contribution is -0.115. The van der Waals surface area contributed by atoms with Crippen LogP contribution in [0.15, 0.2) is 51.8 Å². The van der Waals surface area contributed by atoms with Gasteiger partial charge in [0.2, 0.25) is 5.91 Å². The minimum atomic E-state index is -0.162. The summed E-state index contributed by atoms with van der Waals surface area (Å²) in [6.45, 7) is 1.94. The van der Waals surface area contributed by atoms with Crippen LogP contribution in [0, 0.1) is 0 Å². The van der Waals surface area contributed by atoms with Crippen LogP contribution < -0.4 is 10.6 Å². The molecule has 1 aliphatic heterocycles. The largest absolute Gasteiger partial charge is 0.345 e. The number of amides is 2. The number of thioether (sulfide) groups is 1. The number of benzene rings is 2. The van der Waals surface area contributed by atoms with Crippen molar-refractivity contribution in [1.82, 2.24) is 5.32 Å². The van der Waals surface area contributed by atoms with Crippen LogP contribution in [-0.2, 0) is 4.79 Å². The van der Waals surface area contributed by atoms with Crippen LogP contribution in [0.3, 0.4) is 0 Å². The number of nitrogens with one attached hydrogen (secondary N) is 2. The predicted molar refractivity (Wildman–Crippen MR) is 100 cm³/mol. The summed E-state index contributed by atoms with van der Waals surface area (Å²) < 4.78 is 0.961. The summed E-state index contributed by atoms with van der Waals surface area (Å²) >= 11 is 5.13. The Bertz CT molecular complexity index is 794. The van der Waals surface area contributed by atoms with Gasteiger partial charge < -0.3 is 10.6 Å². The number of rotatable bonds is 3. The van der Waals surface area contributed by atoms with Gasteiger partial charge in [-0.2, -0.15) is 0 Å².